The second kappa shape index (κ2) is 62.4. The van der Waals surface area contributed by atoms with Crippen molar-refractivity contribution in [2.45, 2.75) is 353 Å². The molecule has 3 N–H and O–H groups in total. The van der Waals surface area contributed by atoms with Crippen LogP contribution in [0.1, 0.15) is 341 Å². The molecule has 2 unspecified atom stereocenters. The average Bonchev–Trinajstić information content (AvgIpc) is 3.37. The number of hydrogen-bond acceptors (Lipinski definition) is 3. The summed E-state index contributed by atoms with van der Waals surface area (Å²) in [6, 6.07) is -0.646. The summed E-state index contributed by atoms with van der Waals surface area (Å²) < 4.78 is 0. The van der Waals surface area contributed by atoms with Crippen molar-refractivity contribution in [3.63, 3.8) is 0 Å². The van der Waals surface area contributed by atoms with Gasteiger partial charge in [-0.15, -0.1) is 0 Å². The maximum atomic E-state index is 12.5. The van der Waals surface area contributed by atoms with Crippen LogP contribution < -0.4 is 5.32 Å². The van der Waals surface area contributed by atoms with Crippen LogP contribution in [0.25, 0.3) is 0 Å². The molecule has 0 bridgehead atoms. The van der Waals surface area contributed by atoms with Crippen LogP contribution in [0.3, 0.4) is 0 Å². The number of aliphatic hydroxyl groups excluding tert-OH is 2. The minimum atomic E-state index is -0.870. The molecule has 0 aromatic rings. The largest absolute Gasteiger partial charge is 0.394 e. The number of nitrogens with one attached hydrogen (secondary N) is 1. The van der Waals surface area contributed by atoms with E-state index in [0.717, 1.165) is 44.9 Å². The summed E-state index contributed by atoms with van der Waals surface area (Å²) in [5.74, 6) is -0.0729. The zero-order valence-corrected chi connectivity index (χ0v) is 48.0. The van der Waals surface area contributed by atoms with Crippen molar-refractivity contribution in [1.82, 2.24) is 5.32 Å². The van der Waals surface area contributed by atoms with E-state index in [4.69, 9.17) is 0 Å². The molecule has 0 spiro atoms. The molecule has 4 heteroatoms. The Hall–Kier alpha value is -1.91. The lowest BCUT2D eigenvalue weighted by molar-refractivity contribution is -0.123. The fourth-order valence-electron chi connectivity index (χ4n) is 9.83. The van der Waals surface area contributed by atoms with Gasteiger partial charge < -0.3 is 15.5 Å². The van der Waals surface area contributed by atoms with Crippen molar-refractivity contribution >= 4 is 5.91 Å². The van der Waals surface area contributed by atoms with Gasteiger partial charge in [0, 0.05) is 6.42 Å². The van der Waals surface area contributed by atoms with Gasteiger partial charge in [-0.2, -0.15) is 0 Å². The zero-order valence-electron chi connectivity index (χ0n) is 48.0. The van der Waals surface area contributed by atoms with Crippen molar-refractivity contribution in [2.24, 2.45) is 0 Å². The van der Waals surface area contributed by atoms with E-state index in [0.29, 0.717) is 6.42 Å². The summed E-state index contributed by atoms with van der Waals surface area (Å²) in [6.45, 7) is 4.30. The Morgan fingerprint density at radius 3 is 0.901 bits per heavy atom. The third-order valence-corrected chi connectivity index (χ3v) is 14.7. The van der Waals surface area contributed by atoms with Gasteiger partial charge in [-0.25, -0.2) is 0 Å². The SMILES string of the molecule is CCCCCCC/C=C\C/C=C\CCCCCCCCCCCCCCCCCCCCCCCCCCCCCCCC(=O)NC(CO)C(O)/C=C/CC/C=C/CC/C=C/CCCCCCCCCC. The third-order valence-electron chi connectivity index (χ3n) is 14.7. The van der Waals surface area contributed by atoms with Gasteiger partial charge in [0.15, 0.2) is 0 Å². The maximum Gasteiger partial charge on any atom is 0.220 e. The molecule has 4 nitrogen and oxygen atoms in total. The highest BCUT2D eigenvalue weighted by Gasteiger charge is 2.18. The van der Waals surface area contributed by atoms with Gasteiger partial charge in [0.25, 0.3) is 0 Å². The second-order valence-electron chi connectivity index (χ2n) is 21.8. The number of hydrogen-bond donors (Lipinski definition) is 3. The third kappa shape index (κ3) is 58.8. The Kier molecular flexibility index (Phi) is 60.7. The molecule has 0 aromatic heterocycles. The topological polar surface area (TPSA) is 69.6 Å². The van der Waals surface area contributed by atoms with E-state index in [1.165, 1.54) is 276 Å². The molecule has 0 radical (unpaired) electrons. The predicted molar refractivity (Wildman–Crippen MR) is 318 cm³/mol. The van der Waals surface area contributed by atoms with Gasteiger partial charge >= 0.3 is 0 Å². The number of carbonyl (C=O) groups is 1. The maximum absolute atomic E-state index is 12.5. The van der Waals surface area contributed by atoms with Gasteiger partial charge in [-0.3, -0.25) is 4.79 Å². The Labute approximate surface area is 445 Å². The van der Waals surface area contributed by atoms with E-state index in [-0.39, 0.29) is 12.5 Å². The molecular formula is C67H125NO3. The number of rotatable bonds is 59. The lowest BCUT2D eigenvalue weighted by Crippen LogP contribution is -2.45. The molecule has 0 aliphatic rings. The van der Waals surface area contributed by atoms with E-state index in [2.05, 4.69) is 67.8 Å². The molecule has 0 saturated heterocycles. The van der Waals surface area contributed by atoms with E-state index < -0.39 is 12.1 Å². The number of allylic oxidation sites excluding steroid dienone is 9. The quantitative estimate of drug-likeness (QED) is 0.0420. The number of carbonyl (C=O) groups excluding carboxylic acids is 1. The van der Waals surface area contributed by atoms with E-state index in [9.17, 15) is 15.0 Å². The van der Waals surface area contributed by atoms with E-state index in [1.54, 1.807) is 6.08 Å². The highest BCUT2D eigenvalue weighted by Crippen LogP contribution is 2.18. The van der Waals surface area contributed by atoms with Crippen molar-refractivity contribution in [3.05, 3.63) is 60.8 Å². The standard InChI is InChI=1S/C67H125NO3/c1-3-5-7-9-11-13-15-17-19-21-23-24-25-26-27-28-29-30-31-32-33-34-35-36-37-38-39-40-41-42-43-44-45-47-49-51-53-55-57-59-61-63-67(71)68-65(64-69)66(70)62-60-58-56-54-52-50-48-46-22-20-18-16-14-12-10-8-6-4-2/h15,17,21-23,46,52,54,60,62,65-66,69-70H,3-14,16,18-20,24-45,47-51,53,55-59,61,63-64H2,1-2H3,(H,68,71)/b17-15-,23-21-,46-22+,54-52+,62-60+. The van der Waals surface area contributed by atoms with Crippen molar-refractivity contribution in [1.29, 1.82) is 0 Å². The first kappa shape index (κ1) is 69.1. The van der Waals surface area contributed by atoms with E-state index >= 15 is 0 Å². The zero-order chi connectivity index (χ0) is 51.3. The molecule has 0 fully saturated rings. The van der Waals surface area contributed by atoms with Gasteiger partial charge in [0.1, 0.15) is 0 Å². The molecule has 0 heterocycles. The number of unbranched alkanes of at least 4 members (excludes halogenated alkanes) is 44. The molecule has 0 rings (SSSR count). The average molecular weight is 993 g/mol. The van der Waals surface area contributed by atoms with Crippen LogP contribution in [0, 0.1) is 0 Å². The van der Waals surface area contributed by atoms with Crippen LogP contribution >= 0.6 is 0 Å². The normalized spacial score (nSPS) is 13.1. The fourth-order valence-corrected chi connectivity index (χ4v) is 9.83. The minimum Gasteiger partial charge on any atom is -0.394 e. The van der Waals surface area contributed by atoms with Crippen molar-refractivity contribution < 1.29 is 15.0 Å². The summed E-state index contributed by atoms with van der Waals surface area (Å²) >= 11 is 0. The van der Waals surface area contributed by atoms with Crippen LogP contribution in [0.4, 0.5) is 0 Å². The monoisotopic (exact) mass is 992 g/mol. The molecule has 0 aromatic carbocycles. The van der Waals surface area contributed by atoms with Gasteiger partial charge in [0.2, 0.25) is 5.91 Å². The Bertz CT molecular complexity index is 1170. The van der Waals surface area contributed by atoms with Gasteiger partial charge in [-0.05, 0) is 77.0 Å². The Morgan fingerprint density at radius 2 is 0.592 bits per heavy atom. The molecule has 2 atom stereocenters. The number of aliphatic hydroxyl groups is 2. The predicted octanol–water partition coefficient (Wildman–Crippen LogP) is 21.5. The van der Waals surface area contributed by atoms with Crippen LogP contribution in [0.15, 0.2) is 60.8 Å². The summed E-state index contributed by atoms with van der Waals surface area (Å²) in [5, 5.41) is 23.1. The fraction of sp³-hybridized carbons (Fsp3) is 0.836. The molecule has 71 heavy (non-hydrogen) atoms. The van der Waals surface area contributed by atoms with Crippen LogP contribution in [0.5, 0.6) is 0 Å². The summed E-state index contributed by atoms with van der Waals surface area (Å²) in [7, 11) is 0. The number of amides is 1. The van der Waals surface area contributed by atoms with Crippen molar-refractivity contribution in [3.8, 4) is 0 Å². The molecule has 0 aliphatic heterocycles. The van der Waals surface area contributed by atoms with Crippen LogP contribution in [0.2, 0.25) is 0 Å². The first-order valence-electron chi connectivity index (χ1n) is 32.0. The second-order valence-corrected chi connectivity index (χ2v) is 21.8. The van der Waals surface area contributed by atoms with Gasteiger partial charge in [0.05, 0.1) is 18.8 Å². The summed E-state index contributed by atoms with van der Waals surface area (Å²) in [4.78, 5) is 12.5. The molecule has 416 valence electrons. The molecule has 1 amide bonds. The smallest absolute Gasteiger partial charge is 0.220 e. The van der Waals surface area contributed by atoms with Crippen molar-refractivity contribution in [2.75, 3.05) is 6.61 Å². The Morgan fingerprint density at radius 1 is 0.338 bits per heavy atom. The first-order chi connectivity index (χ1) is 35.2. The lowest BCUT2D eigenvalue weighted by atomic mass is 10.0. The molecule has 0 aliphatic carbocycles. The molecular weight excluding hydrogens is 867 g/mol. The highest BCUT2D eigenvalue weighted by atomic mass is 16.3. The minimum absolute atomic E-state index is 0.0729. The van der Waals surface area contributed by atoms with Crippen LogP contribution in [-0.4, -0.2) is 34.9 Å². The summed E-state index contributed by atoms with van der Waals surface area (Å²) in [6.07, 6.45) is 88.6. The summed E-state index contributed by atoms with van der Waals surface area (Å²) in [5.41, 5.74) is 0. The van der Waals surface area contributed by atoms with Gasteiger partial charge in [-0.1, -0.05) is 319 Å². The highest BCUT2D eigenvalue weighted by molar-refractivity contribution is 5.76. The van der Waals surface area contributed by atoms with Crippen LogP contribution in [-0.2, 0) is 4.79 Å². The molecule has 0 saturated carbocycles. The Balaban J connectivity index is 3.41. The lowest BCUT2D eigenvalue weighted by Gasteiger charge is -2.19. The van der Waals surface area contributed by atoms with E-state index in [1.807, 2.05) is 6.08 Å². The first-order valence-corrected chi connectivity index (χ1v) is 32.0.